The summed E-state index contributed by atoms with van der Waals surface area (Å²) in [7, 11) is 0. The van der Waals surface area contributed by atoms with E-state index in [1.54, 1.807) is 12.1 Å². The first-order valence-electron chi connectivity index (χ1n) is 6.19. The highest BCUT2D eigenvalue weighted by atomic mass is 32.2. The first-order chi connectivity index (χ1) is 8.31. The zero-order chi connectivity index (χ0) is 11.7. The molecule has 0 saturated carbocycles. The normalized spacial score (nSPS) is 24.9. The number of halogens is 1. The summed E-state index contributed by atoms with van der Waals surface area (Å²) in [5, 5.41) is 3.97. The van der Waals surface area contributed by atoms with Crippen molar-refractivity contribution in [2.45, 2.75) is 16.6 Å². The summed E-state index contributed by atoms with van der Waals surface area (Å²) in [4.78, 5) is 3.78. The third-order valence-electron chi connectivity index (χ3n) is 3.44. The van der Waals surface area contributed by atoms with Gasteiger partial charge < -0.3 is 5.32 Å². The van der Waals surface area contributed by atoms with E-state index in [1.165, 1.54) is 10.5 Å². The molecule has 3 rings (SSSR count). The number of hydrogen-bond acceptors (Lipinski definition) is 3. The Balaban J connectivity index is 1.61. The first kappa shape index (κ1) is 11.5. The molecule has 0 amide bonds. The number of fused-ring (bicyclic) bond motifs is 1. The molecule has 0 spiro atoms. The molecule has 0 radical (unpaired) electrons. The van der Waals surface area contributed by atoms with Crippen LogP contribution in [0.25, 0.3) is 0 Å². The van der Waals surface area contributed by atoms with Crippen molar-refractivity contribution in [3.05, 3.63) is 29.6 Å². The van der Waals surface area contributed by atoms with Gasteiger partial charge in [-0.3, -0.25) is 4.90 Å². The molecule has 0 aliphatic carbocycles. The van der Waals surface area contributed by atoms with Crippen molar-refractivity contribution in [1.29, 1.82) is 0 Å². The Labute approximate surface area is 106 Å². The second-order valence-corrected chi connectivity index (χ2v) is 6.09. The summed E-state index contributed by atoms with van der Waals surface area (Å²) in [5.41, 5.74) is 1.19. The lowest BCUT2D eigenvalue weighted by Gasteiger charge is -2.29. The monoisotopic (exact) mass is 252 g/mol. The molecular formula is C13H17FN2S. The minimum atomic E-state index is -0.104. The van der Waals surface area contributed by atoms with Crippen LogP contribution in [0.5, 0.6) is 0 Å². The number of piperazine rings is 1. The van der Waals surface area contributed by atoms with Crippen LogP contribution < -0.4 is 5.32 Å². The SMILES string of the molecule is Fc1ccc2c(c1)CC(CN1CCNCC1)S2. The van der Waals surface area contributed by atoms with E-state index in [-0.39, 0.29) is 5.82 Å². The number of nitrogens with zero attached hydrogens (tertiary/aromatic N) is 1. The third kappa shape index (κ3) is 2.64. The molecule has 17 heavy (non-hydrogen) atoms. The van der Waals surface area contributed by atoms with E-state index in [9.17, 15) is 4.39 Å². The van der Waals surface area contributed by atoms with Crippen molar-refractivity contribution < 1.29 is 4.39 Å². The van der Waals surface area contributed by atoms with Crippen LogP contribution in [0.4, 0.5) is 4.39 Å². The molecule has 1 unspecified atom stereocenters. The lowest BCUT2D eigenvalue weighted by Crippen LogP contribution is -2.45. The quantitative estimate of drug-likeness (QED) is 0.863. The summed E-state index contributed by atoms with van der Waals surface area (Å²) in [5.74, 6) is -0.104. The summed E-state index contributed by atoms with van der Waals surface area (Å²) in [6, 6.07) is 5.19. The lowest BCUT2D eigenvalue weighted by atomic mass is 10.1. The molecule has 92 valence electrons. The van der Waals surface area contributed by atoms with Gasteiger partial charge in [-0.05, 0) is 30.2 Å². The van der Waals surface area contributed by atoms with E-state index in [4.69, 9.17) is 0 Å². The molecule has 2 nitrogen and oxygen atoms in total. The topological polar surface area (TPSA) is 15.3 Å². The van der Waals surface area contributed by atoms with Crippen LogP contribution in [0.3, 0.4) is 0 Å². The van der Waals surface area contributed by atoms with Crippen LogP contribution in [-0.2, 0) is 6.42 Å². The summed E-state index contributed by atoms with van der Waals surface area (Å²) < 4.78 is 13.1. The second kappa shape index (κ2) is 4.96. The van der Waals surface area contributed by atoms with Gasteiger partial charge in [0.05, 0.1) is 0 Å². The molecule has 2 heterocycles. The Kier molecular flexibility index (Phi) is 3.36. The van der Waals surface area contributed by atoms with Crippen molar-refractivity contribution in [2.24, 2.45) is 0 Å². The highest BCUT2D eigenvalue weighted by Gasteiger charge is 2.25. The zero-order valence-corrected chi connectivity index (χ0v) is 10.6. The average Bonchev–Trinajstić information content (AvgIpc) is 2.71. The molecule has 1 fully saturated rings. The zero-order valence-electron chi connectivity index (χ0n) is 9.79. The molecule has 1 N–H and O–H groups in total. The van der Waals surface area contributed by atoms with Crippen LogP contribution in [0.2, 0.25) is 0 Å². The Bertz CT molecular complexity index is 404. The molecule has 0 aromatic heterocycles. The number of nitrogens with one attached hydrogen (secondary N) is 1. The molecule has 0 bridgehead atoms. The van der Waals surface area contributed by atoms with Crippen LogP contribution in [0, 0.1) is 5.82 Å². The molecule has 1 aromatic carbocycles. The van der Waals surface area contributed by atoms with E-state index in [1.807, 2.05) is 17.8 Å². The number of hydrogen-bond donors (Lipinski definition) is 1. The predicted octanol–water partition coefficient (Wildman–Crippen LogP) is 1.75. The molecule has 1 saturated heterocycles. The molecule has 4 heteroatoms. The Morgan fingerprint density at radius 2 is 2.18 bits per heavy atom. The van der Waals surface area contributed by atoms with E-state index in [0.717, 1.165) is 39.1 Å². The minimum Gasteiger partial charge on any atom is -0.314 e. The second-order valence-electron chi connectivity index (χ2n) is 4.75. The fourth-order valence-electron chi connectivity index (χ4n) is 2.57. The van der Waals surface area contributed by atoms with Gasteiger partial charge in [0, 0.05) is 42.9 Å². The van der Waals surface area contributed by atoms with Crippen molar-refractivity contribution in [2.75, 3.05) is 32.7 Å². The first-order valence-corrected chi connectivity index (χ1v) is 7.07. The van der Waals surface area contributed by atoms with Gasteiger partial charge in [-0.1, -0.05) is 0 Å². The van der Waals surface area contributed by atoms with Gasteiger partial charge in [0.15, 0.2) is 0 Å². The minimum absolute atomic E-state index is 0.104. The van der Waals surface area contributed by atoms with Gasteiger partial charge in [-0.2, -0.15) is 0 Å². The maximum absolute atomic E-state index is 13.1. The van der Waals surface area contributed by atoms with E-state index >= 15 is 0 Å². The number of thioether (sulfide) groups is 1. The van der Waals surface area contributed by atoms with E-state index in [0.29, 0.717) is 5.25 Å². The van der Waals surface area contributed by atoms with Gasteiger partial charge in [-0.25, -0.2) is 4.39 Å². The fourth-order valence-corrected chi connectivity index (χ4v) is 3.92. The van der Waals surface area contributed by atoms with Crippen LogP contribution in [0.15, 0.2) is 23.1 Å². The van der Waals surface area contributed by atoms with Crippen LogP contribution >= 0.6 is 11.8 Å². The van der Waals surface area contributed by atoms with Crippen molar-refractivity contribution in [1.82, 2.24) is 10.2 Å². The Morgan fingerprint density at radius 1 is 1.35 bits per heavy atom. The maximum atomic E-state index is 13.1. The van der Waals surface area contributed by atoms with Crippen LogP contribution in [0.1, 0.15) is 5.56 Å². The van der Waals surface area contributed by atoms with Gasteiger partial charge >= 0.3 is 0 Å². The Hall–Kier alpha value is -0.580. The highest BCUT2D eigenvalue weighted by molar-refractivity contribution is 8.00. The fraction of sp³-hybridized carbons (Fsp3) is 0.538. The number of benzene rings is 1. The van der Waals surface area contributed by atoms with Gasteiger partial charge in [-0.15, -0.1) is 11.8 Å². The molecular weight excluding hydrogens is 235 g/mol. The summed E-state index contributed by atoms with van der Waals surface area (Å²) in [6.45, 7) is 5.60. The number of rotatable bonds is 2. The van der Waals surface area contributed by atoms with E-state index < -0.39 is 0 Å². The van der Waals surface area contributed by atoms with Gasteiger partial charge in [0.2, 0.25) is 0 Å². The molecule has 2 aliphatic rings. The smallest absolute Gasteiger partial charge is 0.123 e. The van der Waals surface area contributed by atoms with Crippen molar-refractivity contribution >= 4 is 11.8 Å². The molecule has 2 aliphatic heterocycles. The van der Waals surface area contributed by atoms with Crippen LogP contribution in [-0.4, -0.2) is 42.9 Å². The molecule has 1 aromatic rings. The maximum Gasteiger partial charge on any atom is 0.123 e. The average molecular weight is 252 g/mol. The summed E-state index contributed by atoms with van der Waals surface area (Å²) >= 11 is 1.91. The third-order valence-corrected chi connectivity index (χ3v) is 4.74. The van der Waals surface area contributed by atoms with Gasteiger partial charge in [0.1, 0.15) is 5.82 Å². The largest absolute Gasteiger partial charge is 0.314 e. The van der Waals surface area contributed by atoms with E-state index in [2.05, 4.69) is 10.2 Å². The Morgan fingerprint density at radius 3 is 3.00 bits per heavy atom. The standard InChI is InChI=1S/C13H17FN2S/c14-11-1-2-13-10(7-11)8-12(17-13)9-16-5-3-15-4-6-16/h1-2,7,12,15H,3-6,8-9H2. The van der Waals surface area contributed by atoms with Gasteiger partial charge in [0.25, 0.3) is 0 Å². The lowest BCUT2D eigenvalue weighted by molar-refractivity contribution is 0.242. The highest BCUT2D eigenvalue weighted by Crippen LogP contribution is 2.37. The van der Waals surface area contributed by atoms with Crippen molar-refractivity contribution in [3.63, 3.8) is 0 Å². The van der Waals surface area contributed by atoms with Crippen molar-refractivity contribution in [3.8, 4) is 0 Å². The predicted molar refractivity (Wildman–Crippen MR) is 69.1 cm³/mol. The summed E-state index contributed by atoms with van der Waals surface area (Å²) in [6.07, 6.45) is 1.02. The molecule has 1 atom stereocenters.